The van der Waals surface area contributed by atoms with Crippen molar-refractivity contribution in [3.05, 3.63) is 48.6 Å². The van der Waals surface area contributed by atoms with Crippen LogP contribution in [0.1, 0.15) is 47.0 Å². The maximum Gasteiger partial charge on any atom is 0.251 e. The summed E-state index contributed by atoms with van der Waals surface area (Å²) in [6.45, 7) is 12.2. The molecule has 2 fully saturated rings. The number of likely N-dealkylation sites (tertiary alicyclic amines) is 1. The molecule has 5 atom stereocenters. The van der Waals surface area contributed by atoms with Crippen LogP contribution in [-0.4, -0.2) is 94.0 Å². The van der Waals surface area contributed by atoms with Gasteiger partial charge in [-0.2, -0.15) is 0 Å². The summed E-state index contributed by atoms with van der Waals surface area (Å²) in [6, 6.07) is 7.36. The zero-order valence-corrected chi connectivity index (χ0v) is 25.6. The molecule has 1 aromatic rings. The van der Waals surface area contributed by atoms with Crippen LogP contribution in [0.5, 0.6) is 0 Å². The first-order valence-electron chi connectivity index (χ1n) is 15.2. The first-order chi connectivity index (χ1) is 19.8. The number of benzene rings is 1. The first-order valence-corrected chi connectivity index (χ1v) is 16.0. The molecular weight excluding hydrogens is 536 g/mol. The number of hydrogen-bond donors (Lipinski definition) is 1. The molecular formula is C32H44N4O4S. The number of rotatable bonds is 10. The van der Waals surface area contributed by atoms with E-state index in [1.165, 1.54) is 0 Å². The van der Waals surface area contributed by atoms with Crippen molar-refractivity contribution in [1.82, 2.24) is 9.80 Å². The van der Waals surface area contributed by atoms with E-state index < -0.39 is 27.4 Å². The van der Waals surface area contributed by atoms with Crippen molar-refractivity contribution in [2.45, 2.75) is 62.5 Å². The number of aliphatic hydroxyl groups is 1. The minimum absolute atomic E-state index is 0.00646. The third-order valence-corrected chi connectivity index (χ3v) is 11.0. The standard InChI is InChI=1S/C32H44N4O4S/c1-5-18-34-19-10-16-31(4)25(28(34)38)26-29(39)36(20-8-9-22-37)27-30(40)35(21-11-17-32(26,27)41-31)24-14-12-23(13-15-24)33(6-2)7-3/h10-17,25-27,37H,5-9,18-22H2,1-4H3/t25-,26-,27?,31+,32-/m0/s1. The number of aliphatic hydroxyl groups excluding tert-OH is 1. The van der Waals surface area contributed by atoms with E-state index in [2.05, 4.69) is 63.0 Å². The molecule has 4 heterocycles. The molecule has 1 unspecified atom stereocenters. The number of hydrogen-bond acceptors (Lipinski definition) is 6. The Labute approximate surface area is 248 Å². The van der Waals surface area contributed by atoms with Crippen LogP contribution in [0, 0.1) is 11.8 Å². The van der Waals surface area contributed by atoms with Gasteiger partial charge in [-0.3, -0.25) is 14.4 Å². The van der Waals surface area contributed by atoms with Crippen LogP contribution < -0.4 is 9.80 Å². The molecule has 2 saturated heterocycles. The lowest BCUT2D eigenvalue weighted by Gasteiger charge is -2.37. The van der Waals surface area contributed by atoms with Gasteiger partial charge in [-0.1, -0.05) is 31.2 Å². The molecule has 41 heavy (non-hydrogen) atoms. The molecule has 3 amide bonds. The third-order valence-electron chi connectivity index (χ3n) is 9.23. The van der Waals surface area contributed by atoms with Gasteiger partial charge in [-0.25, -0.2) is 0 Å². The van der Waals surface area contributed by atoms with Gasteiger partial charge >= 0.3 is 0 Å². The lowest BCUT2D eigenvalue weighted by molar-refractivity contribution is -0.143. The predicted molar refractivity (Wildman–Crippen MR) is 165 cm³/mol. The molecule has 222 valence electrons. The predicted octanol–water partition coefficient (Wildman–Crippen LogP) is 3.70. The van der Waals surface area contributed by atoms with Gasteiger partial charge in [-0.05, 0) is 64.3 Å². The highest BCUT2D eigenvalue weighted by Gasteiger charge is 2.73. The van der Waals surface area contributed by atoms with Crippen LogP contribution in [-0.2, 0) is 14.4 Å². The Hall–Kier alpha value is -2.78. The molecule has 4 aliphatic rings. The fourth-order valence-electron chi connectivity index (χ4n) is 7.34. The number of amides is 3. The SMILES string of the molecule is CCCN1CC=C[C@@]2(C)S[C@]34C=CCN(c5ccc(N(CC)CC)cc5)C(=O)C3N(CCCCO)C(=O)[C@@H]4[C@H]2C1=O. The highest BCUT2D eigenvalue weighted by Crippen LogP contribution is 2.65. The maximum absolute atomic E-state index is 14.6. The summed E-state index contributed by atoms with van der Waals surface area (Å²) < 4.78 is -1.45. The zero-order chi connectivity index (χ0) is 29.4. The van der Waals surface area contributed by atoms with Crippen LogP contribution >= 0.6 is 11.8 Å². The van der Waals surface area contributed by atoms with Crippen molar-refractivity contribution in [3.8, 4) is 0 Å². The summed E-state index contributed by atoms with van der Waals surface area (Å²) in [6.07, 6.45) is 10.3. The fraction of sp³-hybridized carbons (Fsp3) is 0.594. The number of carbonyl (C=O) groups excluding carboxylic acids is 3. The second kappa shape index (κ2) is 11.8. The Bertz CT molecular complexity index is 1210. The Balaban J connectivity index is 1.56. The van der Waals surface area contributed by atoms with E-state index in [4.69, 9.17) is 0 Å². The number of unbranched alkanes of at least 4 members (excludes halogenated alkanes) is 1. The molecule has 0 aromatic heterocycles. The van der Waals surface area contributed by atoms with Gasteiger partial charge in [0.05, 0.1) is 16.6 Å². The Morgan fingerprint density at radius 1 is 0.902 bits per heavy atom. The number of anilines is 2. The summed E-state index contributed by atoms with van der Waals surface area (Å²) in [4.78, 5) is 50.7. The van der Waals surface area contributed by atoms with Crippen LogP contribution in [0.3, 0.4) is 0 Å². The average Bonchev–Trinajstić information content (AvgIpc) is 3.23. The van der Waals surface area contributed by atoms with Crippen molar-refractivity contribution < 1.29 is 19.5 Å². The molecule has 4 aliphatic heterocycles. The quantitative estimate of drug-likeness (QED) is 0.336. The van der Waals surface area contributed by atoms with Gasteiger partial charge in [-0.15, -0.1) is 11.8 Å². The molecule has 8 nitrogen and oxygen atoms in total. The highest BCUT2D eigenvalue weighted by molar-refractivity contribution is 8.02. The second-order valence-electron chi connectivity index (χ2n) is 11.7. The van der Waals surface area contributed by atoms with Crippen molar-refractivity contribution in [3.63, 3.8) is 0 Å². The van der Waals surface area contributed by atoms with Crippen LogP contribution in [0.4, 0.5) is 11.4 Å². The van der Waals surface area contributed by atoms with E-state index in [-0.39, 0.29) is 24.3 Å². The molecule has 5 rings (SSSR count). The number of thioether (sulfide) groups is 1. The van der Waals surface area contributed by atoms with Gasteiger partial charge in [0.2, 0.25) is 11.8 Å². The van der Waals surface area contributed by atoms with E-state index >= 15 is 0 Å². The minimum Gasteiger partial charge on any atom is -0.396 e. The molecule has 0 bridgehead atoms. The summed E-state index contributed by atoms with van der Waals surface area (Å²) >= 11 is 1.62. The van der Waals surface area contributed by atoms with Crippen LogP contribution in [0.2, 0.25) is 0 Å². The molecule has 0 aliphatic carbocycles. The topological polar surface area (TPSA) is 84.4 Å². The number of carbonyl (C=O) groups is 3. The zero-order valence-electron chi connectivity index (χ0n) is 24.8. The van der Waals surface area contributed by atoms with Crippen molar-refractivity contribution in [2.75, 3.05) is 55.7 Å². The molecule has 9 heteroatoms. The number of nitrogens with zero attached hydrogens (tertiary/aromatic N) is 4. The van der Waals surface area contributed by atoms with E-state index in [0.717, 1.165) is 30.9 Å². The summed E-state index contributed by atoms with van der Waals surface area (Å²) in [5.74, 6) is -1.40. The van der Waals surface area contributed by atoms with E-state index in [9.17, 15) is 19.5 Å². The van der Waals surface area contributed by atoms with Crippen LogP contribution in [0.15, 0.2) is 48.6 Å². The molecule has 1 aromatic carbocycles. The minimum atomic E-state index is -0.849. The van der Waals surface area contributed by atoms with E-state index in [1.54, 1.807) is 21.6 Å². The average molecular weight is 581 g/mol. The Morgan fingerprint density at radius 3 is 2.27 bits per heavy atom. The second-order valence-corrected chi connectivity index (χ2v) is 13.5. The van der Waals surface area contributed by atoms with Crippen molar-refractivity contribution >= 4 is 40.9 Å². The van der Waals surface area contributed by atoms with Crippen molar-refractivity contribution in [1.29, 1.82) is 0 Å². The largest absolute Gasteiger partial charge is 0.396 e. The van der Waals surface area contributed by atoms with Crippen molar-refractivity contribution in [2.24, 2.45) is 11.8 Å². The van der Waals surface area contributed by atoms with Gasteiger partial charge in [0, 0.05) is 62.0 Å². The third kappa shape index (κ3) is 4.88. The first kappa shape index (κ1) is 29.7. The van der Waals surface area contributed by atoms with Gasteiger partial charge < -0.3 is 24.7 Å². The van der Waals surface area contributed by atoms with Gasteiger partial charge in [0.25, 0.3) is 5.91 Å². The van der Waals surface area contributed by atoms with E-state index in [0.29, 0.717) is 39.0 Å². The normalized spacial score (nSPS) is 30.8. The summed E-state index contributed by atoms with van der Waals surface area (Å²) in [5, 5.41) is 9.46. The molecule has 1 N–H and O–H groups in total. The lowest BCUT2D eigenvalue weighted by Crippen LogP contribution is -2.53. The lowest BCUT2D eigenvalue weighted by atomic mass is 9.74. The number of fused-ring (bicyclic) bond motifs is 2. The van der Waals surface area contributed by atoms with Crippen LogP contribution in [0.25, 0.3) is 0 Å². The molecule has 1 spiro atoms. The fourth-order valence-corrected chi connectivity index (χ4v) is 9.50. The van der Waals surface area contributed by atoms with Gasteiger partial charge in [0.1, 0.15) is 6.04 Å². The molecule has 0 radical (unpaired) electrons. The smallest absolute Gasteiger partial charge is 0.251 e. The summed E-state index contributed by atoms with van der Waals surface area (Å²) in [5.41, 5.74) is 1.91. The summed E-state index contributed by atoms with van der Waals surface area (Å²) in [7, 11) is 0. The Morgan fingerprint density at radius 2 is 1.61 bits per heavy atom. The van der Waals surface area contributed by atoms with E-state index in [1.807, 2.05) is 23.1 Å². The molecule has 0 saturated carbocycles. The van der Waals surface area contributed by atoms with Gasteiger partial charge in [0.15, 0.2) is 0 Å². The maximum atomic E-state index is 14.6. The highest BCUT2D eigenvalue weighted by atomic mass is 32.2. The Kier molecular flexibility index (Phi) is 8.58. The monoisotopic (exact) mass is 580 g/mol.